The molecule has 5 N–H and O–H groups in total. The van der Waals surface area contributed by atoms with Crippen LogP contribution in [0.5, 0.6) is 0 Å². The van der Waals surface area contributed by atoms with E-state index in [2.05, 4.69) is 10.3 Å². The third kappa shape index (κ3) is 2.47. The maximum Gasteiger partial charge on any atom is 0.219 e. The molecule has 0 saturated heterocycles. The van der Waals surface area contributed by atoms with Gasteiger partial charge in [-0.05, 0) is 19.1 Å². The zero-order valence-electron chi connectivity index (χ0n) is 9.43. The van der Waals surface area contributed by atoms with Crippen LogP contribution in [0.25, 0.3) is 10.2 Å². The fourth-order valence-electron chi connectivity index (χ4n) is 1.70. The summed E-state index contributed by atoms with van der Waals surface area (Å²) in [5, 5.41) is 3.16. The van der Waals surface area contributed by atoms with E-state index in [4.69, 9.17) is 11.5 Å². The Kier molecular flexibility index (Phi) is 3.14. The van der Waals surface area contributed by atoms with Gasteiger partial charge in [-0.1, -0.05) is 0 Å². The fraction of sp³-hybridized carbons (Fsp3) is 0.273. The van der Waals surface area contributed by atoms with E-state index in [1.165, 1.54) is 0 Å². The topological polar surface area (TPSA) is 94.0 Å². The average Bonchev–Trinajstić information content (AvgIpc) is 2.69. The quantitative estimate of drug-likeness (QED) is 0.718. The van der Waals surface area contributed by atoms with Crippen molar-refractivity contribution in [2.75, 3.05) is 11.1 Å². The highest BCUT2D eigenvalue weighted by molar-refractivity contribution is 7.16. The molecule has 0 aliphatic rings. The molecule has 0 fully saturated rings. The SMILES string of the molecule is CC(CC(N)=O)Nc1ccc2scnc2c1N. The highest BCUT2D eigenvalue weighted by atomic mass is 32.1. The third-order valence-corrected chi connectivity index (χ3v) is 3.24. The number of nitrogens with one attached hydrogen (secondary N) is 1. The van der Waals surface area contributed by atoms with Crippen molar-refractivity contribution in [1.82, 2.24) is 4.98 Å². The molecule has 1 heterocycles. The van der Waals surface area contributed by atoms with Crippen LogP contribution in [0.2, 0.25) is 0 Å². The largest absolute Gasteiger partial charge is 0.395 e. The highest BCUT2D eigenvalue weighted by Crippen LogP contribution is 2.30. The Balaban J connectivity index is 2.23. The van der Waals surface area contributed by atoms with Gasteiger partial charge >= 0.3 is 0 Å². The van der Waals surface area contributed by atoms with Gasteiger partial charge in [0.2, 0.25) is 5.91 Å². The van der Waals surface area contributed by atoms with E-state index >= 15 is 0 Å². The van der Waals surface area contributed by atoms with Gasteiger partial charge in [-0.3, -0.25) is 4.79 Å². The van der Waals surface area contributed by atoms with Crippen LogP contribution in [-0.4, -0.2) is 16.9 Å². The summed E-state index contributed by atoms with van der Waals surface area (Å²) >= 11 is 1.55. The first-order valence-electron chi connectivity index (χ1n) is 5.24. The lowest BCUT2D eigenvalue weighted by Crippen LogP contribution is -2.24. The molecule has 0 spiro atoms. The lowest BCUT2D eigenvalue weighted by Gasteiger charge is -2.15. The van der Waals surface area contributed by atoms with E-state index in [9.17, 15) is 4.79 Å². The number of aromatic nitrogens is 1. The normalized spacial score (nSPS) is 12.5. The van der Waals surface area contributed by atoms with Crippen molar-refractivity contribution in [3.05, 3.63) is 17.6 Å². The van der Waals surface area contributed by atoms with Crippen LogP contribution in [-0.2, 0) is 4.79 Å². The monoisotopic (exact) mass is 250 g/mol. The van der Waals surface area contributed by atoms with Gasteiger partial charge in [-0.2, -0.15) is 0 Å². The lowest BCUT2D eigenvalue weighted by molar-refractivity contribution is -0.118. The van der Waals surface area contributed by atoms with Gasteiger partial charge in [0.15, 0.2) is 0 Å². The summed E-state index contributed by atoms with van der Waals surface area (Å²) in [5.41, 5.74) is 15.1. The number of fused-ring (bicyclic) bond motifs is 1. The molecule has 0 radical (unpaired) electrons. The molecule has 17 heavy (non-hydrogen) atoms. The van der Waals surface area contributed by atoms with Crippen molar-refractivity contribution in [2.24, 2.45) is 5.73 Å². The number of anilines is 2. The predicted molar refractivity (Wildman–Crippen MR) is 70.9 cm³/mol. The lowest BCUT2D eigenvalue weighted by atomic mass is 10.2. The Morgan fingerprint density at radius 1 is 1.59 bits per heavy atom. The molecule has 0 saturated carbocycles. The number of carbonyl (C=O) groups is 1. The molecule has 0 aliphatic heterocycles. The summed E-state index contributed by atoms with van der Waals surface area (Å²) in [6.45, 7) is 1.88. The smallest absolute Gasteiger partial charge is 0.219 e. The van der Waals surface area contributed by atoms with E-state index in [-0.39, 0.29) is 18.4 Å². The van der Waals surface area contributed by atoms with E-state index in [1.807, 2.05) is 19.1 Å². The Morgan fingerprint density at radius 2 is 2.35 bits per heavy atom. The molecule has 1 aromatic heterocycles. The van der Waals surface area contributed by atoms with Gasteiger partial charge in [0.05, 0.1) is 21.6 Å². The van der Waals surface area contributed by atoms with Crippen LogP contribution in [0, 0.1) is 0 Å². The molecule has 1 amide bonds. The van der Waals surface area contributed by atoms with Gasteiger partial charge in [-0.15, -0.1) is 11.3 Å². The summed E-state index contributed by atoms with van der Waals surface area (Å²) < 4.78 is 1.05. The number of hydrogen-bond donors (Lipinski definition) is 3. The predicted octanol–water partition coefficient (Wildman–Crippen LogP) is 1.55. The maximum atomic E-state index is 10.8. The number of amides is 1. The molecular formula is C11H14N4OS. The van der Waals surface area contributed by atoms with Crippen molar-refractivity contribution in [2.45, 2.75) is 19.4 Å². The standard InChI is InChI=1S/C11H14N4OS/c1-6(4-9(12)16)15-7-2-3-8-11(10(7)13)14-5-17-8/h2-3,5-6,15H,4,13H2,1H3,(H2,12,16). The van der Waals surface area contributed by atoms with Crippen molar-refractivity contribution in [3.63, 3.8) is 0 Å². The van der Waals surface area contributed by atoms with Gasteiger partial charge in [0, 0.05) is 12.5 Å². The minimum atomic E-state index is -0.335. The Hall–Kier alpha value is -1.82. The number of nitrogens with zero attached hydrogens (tertiary/aromatic N) is 1. The zero-order valence-corrected chi connectivity index (χ0v) is 10.3. The highest BCUT2D eigenvalue weighted by Gasteiger charge is 2.10. The van der Waals surface area contributed by atoms with E-state index in [1.54, 1.807) is 16.8 Å². The summed E-state index contributed by atoms with van der Waals surface area (Å²) in [7, 11) is 0. The minimum Gasteiger partial charge on any atom is -0.395 e. The van der Waals surface area contributed by atoms with Crippen LogP contribution >= 0.6 is 11.3 Å². The molecule has 6 heteroatoms. The number of benzene rings is 1. The van der Waals surface area contributed by atoms with Crippen LogP contribution < -0.4 is 16.8 Å². The number of nitrogen functional groups attached to an aromatic ring is 1. The van der Waals surface area contributed by atoms with Gasteiger partial charge < -0.3 is 16.8 Å². The van der Waals surface area contributed by atoms with Gasteiger partial charge in [0.25, 0.3) is 0 Å². The molecule has 90 valence electrons. The van der Waals surface area contributed by atoms with Crippen molar-refractivity contribution >= 4 is 38.8 Å². The number of rotatable bonds is 4. The Morgan fingerprint density at radius 3 is 3.06 bits per heavy atom. The number of primary amides is 1. The molecule has 0 aliphatic carbocycles. The second-order valence-electron chi connectivity index (χ2n) is 3.94. The van der Waals surface area contributed by atoms with E-state index in [0.29, 0.717) is 5.69 Å². The first-order valence-corrected chi connectivity index (χ1v) is 6.12. The van der Waals surface area contributed by atoms with Crippen molar-refractivity contribution in [3.8, 4) is 0 Å². The minimum absolute atomic E-state index is 0.0501. The van der Waals surface area contributed by atoms with Gasteiger partial charge in [0.1, 0.15) is 5.52 Å². The summed E-state index contributed by atoms with van der Waals surface area (Å²) in [5.74, 6) is -0.335. The van der Waals surface area contributed by atoms with Crippen LogP contribution in [0.1, 0.15) is 13.3 Å². The zero-order chi connectivity index (χ0) is 12.4. The molecule has 2 rings (SSSR count). The van der Waals surface area contributed by atoms with E-state index < -0.39 is 0 Å². The average molecular weight is 250 g/mol. The summed E-state index contributed by atoms with van der Waals surface area (Å²) in [6.07, 6.45) is 0.272. The van der Waals surface area contributed by atoms with Crippen LogP contribution in [0.3, 0.4) is 0 Å². The maximum absolute atomic E-state index is 10.8. The van der Waals surface area contributed by atoms with Crippen molar-refractivity contribution < 1.29 is 4.79 Å². The molecular weight excluding hydrogens is 236 g/mol. The number of carbonyl (C=O) groups excluding carboxylic acids is 1. The fourth-order valence-corrected chi connectivity index (χ4v) is 2.39. The first kappa shape index (κ1) is 11.7. The molecule has 0 bridgehead atoms. The third-order valence-electron chi connectivity index (χ3n) is 2.45. The molecule has 1 aromatic carbocycles. The summed E-state index contributed by atoms with van der Waals surface area (Å²) in [6, 6.07) is 3.81. The number of nitrogens with two attached hydrogens (primary N) is 2. The Bertz CT molecular complexity index is 551. The van der Waals surface area contributed by atoms with Crippen molar-refractivity contribution in [1.29, 1.82) is 0 Å². The first-order chi connectivity index (χ1) is 8.08. The van der Waals surface area contributed by atoms with E-state index in [0.717, 1.165) is 15.9 Å². The molecule has 1 unspecified atom stereocenters. The Labute approximate surface area is 103 Å². The van der Waals surface area contributed by atoms with Crippen LogP contribution in [0.15, 0.2) is 17.6 Å². The summed E-state index contributed by atoms with van der Waals surface area (Å²) in [4.78, 5) is 15.0. The molecule has 1 atom stereocenters. The number of thiazole rings is 1. The number of hydrogen-bond acceptors (Lipinski definition) is 5. The molecule has 2 aromatic rings. The van der Waals surface area contributed by atoms with Crippen LogP contribution in [0.4, 0.5) is 11.4 Å². The second-order valence-corrected chi connectivity index (χ2v) is 4.83. The second kappa shape index (κ2) is 4.58. The van der Waals surface area contributed by atoms with Gasteiger partial charge in [-0.25, -0.2) is 4.98 Å². The molecule has 5 nitrogen and oxygen atoms in total.